The third-order valence-corrected chi connectivity index (χ3v) is 18.7. The standard InChI is InChI=1S/C2H2S4/c3-1-5-2(3)6(1)4-5/h1-2H. The lowest BCUT2D eigenvalue weighted by Crippen LogP contribution is -2.61. The molecule has 0 aromatic heterocycles. The number of thioether (sulfide) groups is 1. The lowest BCUT2D eigenvalue weighted by molar-refractivity contribution is 1.67. The molecule has 5 aliphatic heterocycles. The molecule has 0 radical (unpaired) electrons. The highest BCUT2D eigenvalue weighted by Crippen LogP contribution is 2.61. The highest BCUT2D eigenvalue weighted by molar-refractivity contribution is 8.89. The van der Waals surface area contributed by atoms with Crippen LogP contribution in [-0.4, -0.2) is 7.83 Å². The van der Waals surface area contributed by atoms with E-state index in [4.69, 9.17) is 0 Å². The van der Waals surface area contributed by atoms with E-state index in [1.165, 1.54) is 7.83 Å². The Balaban J connectivity index is 2.55. The molecule has 0 aromatic carbocycles. The summed E-state index contributed by atoms with van der Waals surface area (Å²) in [5.74, 6) is 0. The summed E-state index contributed by atoms with van der Waals surface area (Å²) in [6.45, 7) is 0. The average Bonchev–Trinajstić information content (AvgIpc) is 1.24. The predicted molar refractivity (Wildman–Crippen MR) is 37.3 cm³/mol. The van der Waals surface area contributed by atoms with Crippen LogP contribution in [-0.2, 0) is 27.8 Å². The first-order valence-electron chi connectivity index (χ1n) is 1.75. The van der Waals surface area contributed by atoms with Crippen LogP contribution in [0.2, 0.25) is 0 Å². The molecule has 0 N–H and O–H groups in total. The second-order valence-electron chi connectivity index (χ2n) is 1.44. The molecule has 3 saturated heterocycles. The van der Waals surface area contributed by atoms with Gasteiger partial charge in [0.2, 0.25) is 0 Å². The third kappa shape index (κ3) is 0.150. The second kappa shape index (κ2) is 0.747. The maximum atomic E-state index is 2.25. The van der Waals surface area contributed by atoms with Crippen LogP contribution in [0.5, 0.6) is 0 Å². The van der Waals surface area contributed by atoms with E-state index < -0.39 is 0 Å². The van der Waals surface area contributed by atoms with E-state index in [9.17, 15) is 0 Å². The van der Waals surface area contributed by atoms with Crippen molar-refractivity contribution in [3.8, 4) is 0 Å². The summed E-state index contributed by atoms with van der Waals surface area (Å²) >= 11 is 2.22. The Kier molecular flexibility index (Phi) is 0.414. The SMILES string of the molecule is S1C2S3=S=S2C13. The first-order valence-corrected chi connectivity index (χ1v) is 7.24. The largest absolute Gasteiger partial charge is 0.110 e. The molecule has 5 aliphatic rings. The quantitative estimate of drug-likeness (QED) is 0.489. The molecule has 34 valence electrons. The molecule has 0 aliphatic carbocycles. The van der Waals surface area contributed by atoms with Crippen molar-refractivity contribution >= 4 is 39.6 Å². The third-order valence-electron chi connectivity index (χ3n) is 1.14. The van der Waals surface area contributed by atoms with Gasteiger partial charge in [-0.1, -0.05) is 27.8 Å². The molecule has 5 rings (SSSR count). The number of hydrogen-bond acceptors (Lipinski definition) is 1. The monoisotopic (exact) mass is 154 g/mol. The van der Waals surface area contributed by atoms with Crippen LogP contribution in [0.25, 0.3) is 0 Å². The maximum Gasteiger partial charge on any atom is 0.110 e. The van der Waals surface area contributed by atoms with Gasteiger partial charge >= 0.3 is 0 Å². The second-order valence-corrected chi connectivity index (χ2v) is 11.7. The van der Waals surface area contributed by atoms with Gasteiger partial charge in [0.1, 0.15) is 7.83 Å². The van der Waals surface area contributed by atoms with Gasteiger partial charge in [-0.05, 0) is 0 Å². The first kappa shape index (κ1) is 3.33. The normalized spacial score (nSPS) is 78.7. The van der Waals surface area contributed by atoms with Gasteiger partial charge in [0.05, 0.1) is 0 Å². The maximum absolute atomic E-state index is 2.25. The fourth-order valence-corrected chi connectivity index (χ4v) is 18.6. The summed E-state index contributed by atoms with van der Waals surface area (Å²) < 4.78 is 2.42. The van der Waals surface area contributed by atoms with Gasteiger partial charge in [0.15, 0.2) is 0 Å². The van der Waals surface area contributed by atoms with Crippen molar-refractivity contribution in [2.75, 3.05) is 0 Å². The van der Waals surface area contributed by atoms with E-state index in [1.54, 1.807) is 0 Å². The minimum absolute atomic E-state index is 0.946. The van der Waals surface area contributed by atoms with Crippen molar-refractivity contribution in [2.45, 2.75) is 7.83 Å². The van der Waals surface area contributed by atoms with E-state index >= 15 is 0 Å². The highest BCUT2D eigenvalue weighted by Gasteiger charge is 2.59. The van der Waals surface area contributed by atoms with E-state index in [2.05, 4.69) is 20.6 Å². The summed E-state index contributed by atoms with van der Waals surface area (Å²) in [5.41, 5.74) is 0. The topological polar surface area (TPSA) is 0 Å². The Bertz CT molecular complexity index is 168. The Hall–Kier alpha value is 1.27. The van der Waals surface area contributed by atoms with Gasteiger partial charge in [0.25, 0.3) is 0 Å². The van der Waals surface area contributed by atoms with Gasteiger partial charge in [0, 0.05) is 0 Å². The average molecular weight is 154 g/mol. The van der Waals surface area contributed by atoms with Crippen molar-refractivity contribution in [3.05, 3.63) is 0 Å². The molecule has 0 nitrogen and oxygen atoms in total. The molecule has 0 spiro atoms. The van der Waals surface area contributed by atoms with Crippen molar-refractivity contribution in [1.82, 2.24) is 0 Å². The molecule has 0 unspecified atom stereocenters. The van der Waals surface area contributed by atoms with Gasteiger partial charge in [-0.3, -0.25) is 0 Å². The molecular formula is C2H2S4. The van der Waals surface area contributed by atoms with Crippen molar-refractivity contribution in [3.63, 3.8) is 0 Å². The van der Waals surface area contributed by atoms with Crippen LogP contribution >= 0.6 is 11.8 Å². The predicted octanol–water partition coefficient (Wildman–Crippen LogP) is 0.477. The van der Waals surface area contributed by atoms with Crippen LogP contribution in [0, 0.1) is 0 Å². The van der Waals surface area contributed by atoms with Gasteiger partial charge in [-0.25, -0.2) is 0 Å². The van der Waals surface area contributed by atoms with Gasteiger partial charge in [-0.2, -0.15) is 0 Å². The molecule has 5 heterocycles. The van der Waals surface area contributed by atoms with Gasteiger partial charge in [-0.15, -0.1) is 11.8 Å². The summed E-state index contributed by atoms with van der Waals surface area (Å²) in [4.78, 5) is 0. The van der Waals surface area contributed by atoms with Crippen LogP contribution in [0.3, 0.4) is 0 Å². The summed E-state index contributed by atoms with van der Waals surface area (Å²) in [5, 5.41) is 0. The number of rotatable bonds is 0. The van der Waals surface area contributed by atoms with E-state index in [-0.39, 0.29) is 0 Å². The Morgan fingerprint density at radius 1 is 1.17 bits per heavy atom. The molecule has 0 aromatic rings. The molecule has 0 amide bonds. The zero-order valence-electron chi connectivity index (χ0n) is 2.79. The zero-order valence-corrected chi connectivity index (χ0v) is 6.05. The number of hydrogen-bond donors (Lipinski definition) is 0. The molecular weight excluding hydrogens is 152 g/mol. The minimum atomic E-state index is 0.946. The molecule has 4 heteroatoms. The summed E-state index contributed by atoms with van der Waals surface area (Å²) in [6, 6.07) is 0. The Labute approximate surface area is 47.4 Å². The fraction of sp³-hybridized carbons (Fsp3) is 1.00. The molecule has 0 saturated carbocycles. The van der Waals surface area contributed by atoms with E-state index in [1.807, 2.05) is 0 Å². The molecule has 6 heavy (non-hydrogen) atoms. The Morgan fingerprint density at radius 2 is 1.67 bits per heavy atom. The fourth-order valence-electron chi connectivity index (χ4n) is 0.672. The molecule has 3 fully saturated rings. The lowest BCUT2D eigenvalue weighted by Gasteiger charge is -2.59. The van der Waals surface area contributed by atoms with Crippen molar-refractivity contribution in [2.24, 2.45) is 0 Å². The van der Waals surface area contributed by atoms with Crippen molar-refractivity contribution < 1.29 is 0 Å². The Morgan fingerprint density at radius 3 is 1.67 bits per heavy atom. The van der Waals surface area contributed by atoms with E-state index in [0.29, 0.717) is 0 Å². The first-order chi connectivity index (χ1) is 2.97. The smallest absolute Gasteiger partial charge is 0.110 e. The van der Waals surface area contributed by atoms with Crippen LogP contribution in [0.1, 0.15) is 0 Å². The minimum Gasteiger partial charge on any atom is -0.110 e. The van der Waals surface area contributed by atoms with Gasteiger partial charge < -0.3 is 0 Å². The summed E-state index contributed by atoms with van der Waals surface area (Å²) in [7, 11) is 4.14. The zero-order chi connectivity index (χ0) is 3.72. The van der Waals surface area contributed by atoms with Crippen molar-refractivity contribution in [1.29, 1.82) is 0 Å². The van der Waals surface area contributed by atoms with Crippen LogP contribution in [0.4, 0.5) is 0 Å². The van der Waals surface area contributed by atoms with Crippen LogP contribution in [0.15, 0.2) is 0 Å². The summed E-state index contributed by atoms with van der Waals surface area (Å²) in [6.07, 6.45) is 0. The molecule has 0 atom stereocenters. The van der Waals surface area contributed by atoms with E-state index in [0.717, 1.165) is 18.9 Å². The molecule has 4 bridgehead atoms. The highest BCUT2D eigenvalue weighted by atomic mass is 33.2. The van der Waals surface area contributed by atoms with Crippen LogP contribution < -0.4 is 0 Å². The lowest BCUT2D eigenvalue weighted by atomic mass is 11.7.